The van der Waals surface area contributed by atoms with E-state index in [-0.39, 0.29) is 0 Å². The van der Waals surface area contributed by atoms with Gasteiger partial charge in [-0.3, -0.25) is 0 Å². The molecule has 0 saturated heterocycles. The van der Waals surface area contributed by atoms with Crippen LogP contribution in [0, 0.1) is 6.92 Å². The lowest BCUT2D eigenvalue weighted by molar-refractivity contribution is 0.261. The predicted octanol–water partition coefficient (Wildman–Crippen LogP) is 1.94. The van der Waals surface area contributed by atoms with Crippen molar-refractivity contribution in [1.82, 2.24) is 4.90 Å². The number of nitrogens with zero attached hydrogens (tertiary/aromatic N) is 1. The van der Waals surface area contributed by atoms with Gasteiger partial charge in [0.25, 0.3) is 0 Å². The molecule has 1 aromatic carbocycles. The molecule has 0 aliphatic heterocycles. The maximum Gasteiger partial charge on any atom is 0.119 e. The van der Waals surface area contributed by atoms with Gasteiger partial charge in [0.1, 0.15) is 12.4 Å². The second-order valence-electron chi connectivity index (χ2n) is 3.47. The van der Waals surface area contributed by atoms with Crippen molar-refractivity contribution in [3.8, 4) is 5.75 Å². The Morgan fingerprint density at radius 1 is 1.31 bits per heavy atom. The van der Waals surface area contributed by atoms with E-state index in [1.807, 2.05) is 26.2 Å². The molecule has 2 heteroatoms. The average molecular weight is 179 g/mol. The number of rotatable bonds is 4. The molecule has 13 heavy (non-hydrogen) atoms. The van der Waals surface area contributed by atoms with Crippen molar-refractivity contribution in [2.75, 3.05) is 27.2 Å². The van der Waals surface area contributed by atoms with Crippen LogP contribution >= 0.6 is 0 Å². The molecule has 0 bridgehead atoms. The molecule has 72 valence electrons. The highest BCUT2D eigenvalue weighted by Gasteiger charge is 1.94. The monoisotopic (exact) mass is 179 g/mol. The van der Waals surface area contributed by atoms with E-state index in [9.17, 15) is 0 Å². The zero-order valence-electron chi connectivity index (χ0n) is 8.58. The summed E-state index contributed by atoms with van der Waals surface area (Å²) in [5.74, 6) is 0.960. The third-order valence-electron chi connectivity index (χ3n) is 1.80. The van der Waals surface area contributed by atoms with Crippen molar-refractivity contribution < 1.29 is 4.74 Å². The molecule has 0 spiro atoms. The molecule has 0 saturated carbocycles. The SMILES string of the molecule is Cc1cccc(OCCN(C)C)c1. The standard InChI is InChI=1S/C11H17NO/c1-10-5-4-6-11(9-10)13-8-7-12(2)3/h4-6,9H,7-8H2,1-3H3. The fraction of sp³-hybridized carbons (Fsp3) is 0.455. The molecule has 0 atom stereocenters. The first-order valence-corrected chi connectivity index (χ1v) is 4.52. The van der Waals surface area contributed by atoms with E-state index >= 15 is 0 Å². The van der Waals surface area contributed by atoms with Gasteiger partial charge in [0.2, 0.25) is 0 Å². The first kappa shape index (κ1) is 10.1. The van der Waals surface area contributed by atoms with Crippen LogP contribution in [0.15, 0.2) is 24.3 Å². The van der Waals surface area contributed by atoms with Crippen LogP contribution in [0.4, 0.5) is 0 Å². The van der Waals surface area contributed by atoms with Crippen LogP contribution in [-0.4, -0.2) is 32.1 Å². The molecule has 0 heterocycles. The predicted molar refractivity (Wildman–Crippen MR) is 55.2 cm³/mol. The fourth-order valence-corrected chi connectivity index (χ4v) is 1.05. The van der Waals surface area contributed by atoms with Gasteiger partial charge < -0.3 is 9.64 Å². The minimum absolute atomic E-state index is 0.746. The number of aryl methyl sites for hydroxylation is 1. The largest absolute Gasteiger partial charge is 0.492 e. The van der Waals surface area contributed by atoms with E-state index in [1.165, 1.54) is 5.56 Å². The van der Waals surface area contributed by atoms with Crippen LogP contribution in [0.5, 0.6) is 5.75 Å². The zero-order valence-corrected chi connectivity index (χ0v) is 8.58. The van der Waals surface area contributed by atoms with Crippen LogP contribution in [0.3, 0.4) is 0 Å². The third-order valence-corrected chi connectivity index (χ3v) is 1.80. The molecule has 0 aromatic heterocycles. The van der Waals surface area contributed by atoms with Crippen molar-refractivity contribution in [3.05, 3.63) is 29.8 Å². The highest BCUT2D eigenvalue weighted by atomic mass is 16.5. The summed E-state index contributed by atoms with van der Waals surface area (Å²) in [4.78, 5) is 2.11. The van der Waals surface area contributed by atoms with Crippen molar-refractivity contribution >= 4 is 0 Å². The molecule has 0 amide bonds. The summed E-state index contributed by atoms with van der Waals surface area (Å²) in [5.41, 5.74) is 1.24. The zero-order chi connectivity index (χ0) is 9.68. The quantitative estimate of drug-likeness (QED) is 0.700. The van der Waals surface area contributed by atoms with Crippen LogP contribution in [0.25, 0.3) is 0 Å². The summed E-state index contributed by atoms with van der Waals surface area (Å²) in [7, 11) is 4.08. The minimum atomic E-state index is 0.746. The van der Waals surface area contributed by atoms with E-state index in [4.69, 9.17) is 4.74 Å². The Morgan fingerprint density at radius 3 is 2.69 bits per heavy atom. The lowest BCUT2D eigenvalue weighted by Crippen LogP contribution is -2.19. The van der Waals surface area contributed by atoms with E-state index in [2.05, 4.69) is 24.0 Å². The van der Waals surface area contributed by atoms with Crippen molar-refractivity contribution in [3.63, 3.8) is 0 Å². The molecule has 0 radical (unpaired) electrons. The topological polar surface area (TPSA) is 12.5 Å². The van der Waals surface area contributed by atoms with Gasteiger partial charge in [-0.2, -0.15) is 0 Å². The fourth-order valence-electron chi connectivity index (χ4n) is 1.05. The molecular weight excluding hydrogens is 162 g/mol. The third kappa shape index (κ3) is 3.95. The van der Waals surface area contributed by atoms with Crippen LogP contribution in [0.1, 0.15) is 5.56 Å². The van der Waals surface area contributed by atoms with Crippen molar-refractivity contribution in [2.45, 2.75) is 6.92 Å². The van der Waals surface area contributed by atoms with Gasteiger partial charge in [-0.25, -0.2) is 0 Å². The Kier molecular flexibility index (Phi) is 3.77. The lowest BCUT2D eigenvalue weighted by Gasteiger charge is -2.10. The highest BCUT2D eigenvalue weighted by Crippen LogP contribution is 2.11. The van der Waals surface area contributed by atoms with Gasteiger partial charge in [-0.05, 0) is 38.7 Å². The highest BCUT2D eigenvalue weighted by molar-refractivity contribution is 5.27. The van der Waals surface area contributed by atoms with Gasteiger partial charge in [0, 0.05) is 6.54 Å². The summed E-state index contributed by atoms with van der Waals surface area (Å²) < 4.78 is 5.56. The average Bonchev–Trinajstić information content (AvgIpc) is 2.03. The second-order valence-corrected chi connectivity index (χ2v) is 3.47. The molecule has 0 fully saturated rings. The Morgan fingerprint density at radius 2 is 2.08 bits per heavy atom. The van der Waals surface area contributed by atoms with Crippen molar-refractivity contribution in [2.24, 2.45) is 0 Å². The molecule has 0 unspecified atom stereocenters. The lowest BCUT2D eigenvalue weighted by atomic mass is 10.2. The molecule has 0 aliphatic carbocycles. The summed E-state index contributed by atoms with van der Waals surface area (Å²) in [5, 5.41) is 0. The number of benzene rings is 1. The Bertz CT molecular complexity index is 258. The molecule has 0 N–H and O–H groups in total. The smallest absolute Gasteiger partial charge is 0.119 e. The van der Waals surface area contributed by atoms with E-state index in [0.29, 0.717) is 0 Å². The van der Waals surface area contributed by atoms with Gasteiger partial charge in [0.05, 0.1) is 0 Å². The molecule has 1 rings (SSSR count). The maximum atomic E-state index is 5.56. The first-order valence-electron chi connectivity index (χ1n) is 4.52. The van der Waals surface area contributed by atoms with Crippen LogP contribution in [0.2, 0.25) is 0 Å². The van der Waals surface area contributed by atoms with E-state index < -0.39 is 0 Å². The maximum absolute atomic E-state index is 5.56. The summed E-state index contributed by atoms with van der Waals surface area (Å²) in [6.07, 6.45) is 0. The van der Waals surface area contributed by atoms with Crippen LogP contribution in [-0.2, 0) is 0 Å². The molecule has 2 nitrogen and oxygen atoms in total. The molecular formula is C11H17NO. The Labute approximate surface area is 80.1 Å². The minimum Gasteiger partial charge on any atom is -0.492 e. The van der Waals surface area contributed by atoms with Gasteiger partial charge >= 0.3 is 0 Å². The van der Waals surface area contributed by atoms with Gasteiger partial charge in [-0.15, -0.1) is 0 Å². The second kappa shape index (κ2) is 4.87. The van der Waals surface area contributed by atoms with Gasteiger partial charge in [0.15, 0.2) is 0 Å². The van der Waals surface area contributed by atoms with Crippen LogP contribution < -0.4 is 4.74 Å². The molecule has 1 aromatic rings. The summed E-state index contributed by atoms with van der Waals surface area (Å²) in [6, 6.07) is 8.12. The Hall–Kier alpha value is -1.02. The van der Waals surface area contributed by atoms with E-state index in [1.54, 1.807) is 0 Å². The molecule has 0 aliphatic rings. The van der Waals surface area contributed by atoms with E-state index in [0.717, 1.165) is 18.9 Å². The van der Waals surface area contributed by atoms with Crippen molar-refractivity contribution in [1.29, 1.82) is 0 Å². The van der Waals surface area contributed by atoms with Gasteiger partial charge in [-0.1, -0.05) is 12.1 Å². The number of likely N-dealkylation sites (N-methyl/N-ethyl adjacent to an activating group) is 1. The normalized spacial score (nSPS) is 10.5. The number of ether oxygens (including phenoxy) is 1. The summed E-state index contributed by atoms with van der Waals surface area (Å²) >= 11 is 0. The Balaban J connectivity index is 2.37. The number of hydrogen-bond acceptors (Lipinski definition) is 2. The first-order chi connectivity index (χ1) is 6.18. The summed E-state index contributed by atoms with van der Waals surface area (Å²) in [6.45, 7) is 3.77. The number of hydrogen-bond donors (Lipinski definition) is 0.